The molecule has 0 bridgehead atoms. The van der Waals surface area contributed by atoms with E-state index in [2.05, 4.69) is 24.5 Å². The highest BCUT2D eigenvalue weighted by Crippen LogP contribution is 2.24. The van der Waals surface area contributed by atoms with Gasteiger partial charge >= 0.3 is 0 Å². The summed E-state index contributed by atoms with van der Waals surface area (Å²) in [5.41, 5.74) is 6.33. The Morgan fingerprint density at radius 1 is 0.931 bits per heavy atom. The Labute approximate surface area is 173 Å². The largest absolute Gasteiger partial charge is 0.481 e. The SMILES string of the molecule is Cc1cc(C)c(NC(=O)CNC(=O)C(C)Oc2ccc(C(C)C)c(C)c2)c(C)c1. The highest BCUT2D eigenvalue weighted by molar-refractivity contribution is 5.96. The zero-order valence-corrected chi connectivity index (χ0v) is 18.5. The van der Waals surface area contributed by atoms with E-state index in [-0.39, 0.29) is 18.4 Å². The quantitative estimate of drug-likeness (QED) is 0.721. The second-order valence-electron chi connectivity index (χ2n) is 7.97. The molecule has 1 atom stereocenters. The Balaban J connectivity index is 1.90. The van der Waals surface area contributed by atoms with Gasteiger partial charge in [0.1, 0.15) is 5.75 Å². The van der Waals surface area contributed by atoms with Gasteiger partial charge in [-0.15, -0.1) is 0 Å². The van der Waals surface area contributed by atoms with Gasteiger partial charge in [-0.2, -0.15) is 0 Å². The number of benzene rings is 2. The number of hydrogen-bond acceptors (Lipinski definition) is 3. The van der Waals surface area contributed by atoms with Crippen LogP contribution in [-0.4, -0.2) is 24.5 Å². The summed E-state index contributed by atoms with van der Waals surface area (Å²) in [6.45, 7) is 13.8. The fourth-order valence-electron chi connectivity index (χ4n) is 3.50. The third kappa shape index (κ3) is 6.08. The summed E-state index contributed by atoms with van der Waals surface area (Å²) in [6.07, 6.45) is -0.699. The molecule has 1 unspecified atom stereocenters. The number of anilines is 1. The van der Waals surface area contributed by atoms with E-state index in [4.69, 9.17) is 4.74 Å². The smallest absolute Gasteiger partial charge is 0.261 e. The van der Waals surface area contributed by atoms with Crippen molar-refractivity contribution < 1.29 is 14.3 Å². The summed E-state index contributed by atoms with van der Waals surface area (Å²) in [4.78, 5) is 24.6. The van der Waals surface area contributed by atoms with E-state index in [1.807, 2.05) is 58.0 Å². The van der Waals surface area contributed by atoms with Gasteiger partial charge in [-0.3, -0.25) is 9.59 Å². The second kappa shape index (κ2) is 9.59. The molecule has 0 saturated heterocycles. The van der Waals surface area contributed by atoms with Gasteiger partial charge < -0.3 is 15.4 Å². The monoisotopic (exact) mass is 396 g/mol. The van der Waals surface area contributed by atoms with Crippen LogP contribution >= 0.6 is 0 Å². The van der Waals surface area contributed by atoms with Gasteiger partial charge in [-0.05, 0) is 74.9 Å². The summed E-state index contributed by atoms with van der Waals surface area (Å²) in [5, 5.41) is 5.52. The van der Waals surface area contributed by atoms with Crippen molar-refractivity contribution in [2.45, 2.75) is 60.5 Å². The van der Waals surface area contributed by atoms with Gasteiger partial charge in [-0.25, -0.2) is 0 Å². The van der Waals surface area contributed by atoms with Crippen LogP contribution in [0.15, 0.2) is 30.3 Å². The Hall–Kier alpha value is -2.82. The Morgan fingerprint density at radius 2 is 1.55 bits per heavy atom. The first-order valence-electron chi connectivity index (χ1n) is 10.0. The lowest BCUT2D eigenvalue weighted by molar-refractivity contribution is -0.129. The molecule has 5 heteroatoms. The van der Waals surface area contributed by atoms with Crippen molar-refractivity contribution >= 4 is 17.5 Å². The molecule has 2 amide bonds. The number of hydrogen-bond donors (Lipinski definition) is 2. The molecule has 0 radical (unpaired) electrons. The fraction of sp³-hybridized carbons (Fsp3) is 0.417. The van der Waals surface area contributed by atoms with Crippen LogP contribution in [0.4, 0.5) is 5.69 Å². The van der Waals surface area contributed by atoms with Gasteiger partial charge in [-0.1, -0.05) is 37.6 Å². The topological polar surface area (TPSA) is 67.4 Å². The van der Waals surface area contributed by atoms with Crippen LogP contribution in [0.5, 0.6) is 5.75 Å². The minimum absolute atomic E-state index is 0.107. The van der Waals surface area contributed by atoms with E-state index < -0.39 is 6.10 Å². The molecule has 2 N–H and O–H groups in total. The molecular weight excluding hydrogens is 364 g/mol. The lowest BCUT2D eigenvalue weighted by atomic mass is 9.98. The van der Waals surface area contributed by atoms with Crippen molar-refractivity contribution in [3.8, 4) is 5.75 Å². The average molecular weight is 397 g/mol. The van der Waals surface area contributed by atoms with E-state index >= 15 is 0 Å². The third-order valence-corrected chi connectivity index (χ3v) is 4.91. The van der Waals surface area contributed by atoms with Crippen molar-refractivity contribution in [2.75, 3.05) is 11.9 Å². The first-order chi connectivity index (χ1) is 13.6. The summed E-state index contributed by atoms with van der Waals surface area (Å²) < 4.78 is 5.75. The first kappa shape index (κ1) is 22.5. The van der Waals surface area contributed by atoms with Gasteiger partial charge in [0.15, 0.2) is 6.10 Å². The number of aryl methyl sites for hydroxylation is 4. The standard InChI is InChI=1S/C24H32N2O3/c1-14(2)21-9-8-20(12-16(21)4)29-19(7)24(28)25-13-22(27)26-23-17(5)10-15(3)11-18(23)6/h8-12,14,19H,13H2,1-7H3,(H,25,28)(H,26,27). The van der Waals surface area contributed by atoms with Crippen LogP contribution in [0.2, 0.25) is 0 Å². The number of carbonyl (C=O) groups is 2. The van der Waals surface area contributed by atoms with E-state index in [1.165, 1.54) is 5.56 Å². The van der Waals surface area contributed by atoms with Crippen LogP contribution < -0.4 is 15.4 Å². The lowest BCUT2D eigenvalue weighted by Gasteiger charge is -2.17. The van der Waals surface area contributed by atoms with Crippen LogP contribution in [0.25, 0.3) is 0 Å². The van der Waals surface area contributed by atoms with Crippen LogP contribution in [0.1, 0.15) is 54.5 Å². The van der Waals surface area contributed by atoms with Gasteiger partial charge in [0, 0.05) is 5.69 Å². The highest BCUT2D eigenvalue weighted by atomic mass is 16.5. The minimum atomic E-state index is -0.699. The molecule has 2 aromatic rings. The normalized spacial score (nSPS) is 11.9. The van der Waals surface area contributed by atoms with Gasteiger partial charge in [0.2, 0.25) is 5.91 Å². The van der Waals surface area contributed by atoms with Crippen molar-refractivity contribution in [3.63, 3.8) is 0 Å². The van der Waals surface area contributed by atoms with E-state index in [0.717, 1.165) is 27.9 Å². The molecule has 29 heavy (non-hydrogen) atoms. The molecule has 0 fully saturated rings. The summed E-state index contributed by atoms with van der Waals surface area (Å²) in [7, 11) is 0. The molecule has 156 valence electrons. The predicted octanol–water partition coefficient (Wildman–Crippen LogP) is 4.57. The molecule has 0 saturated carbocycles. The minimum Gasteiger partial charge on any atom is -0.481 e. The number of carbonyl (C=O) groups excluding carboxylic acids is 2. The Kier molecular flexibility index (Phi) is 7.43. The van der Waals surface area contributed by atoms with Gasteiger partial charge in [0.05, 0.1) is 6.54 Å². The Bertz CT molecular complexity index is 880. The third-order valence-electron chi connectivity index (χ3n) is 4.91. The first-order valence-corrected chi connectivity index (χ1v) is 10.0. The number of ether oxygens (including phenoxy) is 1. The maximum Gasteiger partial charge on any atom is 0.261 e. The molecule has 0 spiro atoms. The molecule has 0 aliphatic heterocycles. The fourth-order valence-corrected chi connectivity index (χ4v) is 3.50. The molecular formula is C24H32N2O3. The molecule has 2 rings (SSSR count). The second-order valence-corrected chi connectivity index (χ2v) is 7.97. The van der Waals surface area contributed by atoms with Crippen molar-refractivity contribution in [1.29, 1.82) is 0 Å². The number of rotatable bonds is 7. The average Bonchev–Trinajstić information content (AvgIpc) is 2.62. The Morgan fingerprint density at radius 3 is 2.10 bits per heavy atom. The molecule has 5 nitrogen and oxygen atoms in total. The maximum atomic E-state index is 12.3. The van der Waals surface area contributed by atoms with Crippen LogP contribution in [-0.2, 0) is 9.59 Å². The molecule has 2 aromatic carbocycles. The van der Waals surface area contributed by atoms with Crippen molar-refractivity contribution in [2.24, 2.45) is 0 Å². The summed E-state index contributed by atoms with van der Waals surface area (Å²) in [5.74, 6) is 0.481. The lowest BCUT2D eigenvalue weighted by Crippen LogP contribution is -2.40. The summed E-state index contributed by atoms with van der Waals surface area (Å²) in [6, 6.07) is 9.88. The molecule has 0 aromatic heterocycles. The van der Waals surface area contributed by atoms with Crippen molar-refractivity contribution in [1.82, 2.24) is 5.32 Å². The van der Waals surface area contributed by atoms with Crippen molar-refractivity contribution in [3.05, 3.63) is 58.1 Å². The number of nitrogens with one attached hydrogen (secondary N) is 2. The molecule has 0 aliphatic carbocycles. The zero-order chi connectivity index (χ0) is 21.7. The molecule has 0 aliphatic rings. The number of amides is 2. The van der Waals surface area contributed by atoms with E-state index in [0.29, 0.717) is 11.7 Å². The highest BCUT2D eigenvalue weighted by Gasteiger charge is 2.17. The predicted molar refractivity (Wildman–Crippen MR) is 118 cm³/mol. The maximum absolute atomic E-state index is 12.3. The zero-order valence-electron chi connectivity index (χ0n) is 18.5. The van der Waals surface area contributed by atoms with Crippen LogP contribution in [0.3, 0.4) is 0 Å². The van der Waals surface area contributed by atoms with Gasteiger partial charge in [0.25, 0.3) is 5.91 Å². The summed E-state index contributed by atoms with van der Waals surface area (Å²) >= 11 is 0. The van der Waals surface area contributed by atoms with E-state index in [9.17, 15) is 9.59 Å². The van der Waals surface area contributed by atoms with Crippen LogP contribution in [0, 0.1) is 27.7 Å². The molecule has 0 heterocycles. The van der Waals surface area contributed by atoms with E-state index in [1.54, 1.807) is 6.92 Å².